The quantitative estimate of drug-likeness (QED) is 0.734. The van der Waals surface area contributed by atoms with Crippen LogP contribution in [0.5, 0.6) is 0 Å². The fourth-order valence-electron chi connectivity index (χ4n) is 2.69. The van der Waals surface area contributed by atoms with E-state index in [2.05, 4.69) is 65.6 Å². The molecular formula is C18H23N5. The summed E-state index contributed by atoms with van der Waals surface area (Å²) in [5, 5.41) is 15.2. The Bertz CT molecular complexity index is 744. The zero-order valence-electron chi connectivity index (χ0n) is 13.8. The number of hydrogen-bond acceptors (Lipinski definition) is 3. The maximum atomic E-state index is 4.32. The molecule has 23 heavy (non-hydrogen) atoms. The molecule has 5 nitrogen and oxygen atoms in total. The van der Waals surface area contributed by atoms with Gasteiger partial charge in [0.05, 0.1) is 17.9 Å². The Labute approximate surface area is 136 Å². The van der Waals surface area contributed by atoms with Crippen LogP contribution in [0.25, 0.3) is 11.3 Å². The minimum absolute atomic E-state index is 0.291. The van der Waals surface area contributed by atoms with Gasteiger partial charge in [0.2, 0.25) is 0 Å². The maximum absolute atomic E-state index is 4.32. The summed E-state index contributed by atoms with van der Waals surface area (Å²) in [6.45, 7) is 7.22. The highest BCUT2D eigenvalue weighted by Crippen LogP contribution is 2.22. The molecule has 0 saturated heterocycles. The predicted octanol–water partition coefficient (Wildman–Crippen LogP) is 3.32. The second kappa shape index (κ2) is 6.79. The van der Waals surface area contributed by atoms with Gasteiger partial charge in [0, 0.05) is 36.1 Å². The lowest BCUT2D eigenvalue weighted by Crippen LogP contribution is -2.33. The van der Waals surface area contributed by atoms with Crippen molar-refractivity contribution in [2.24, 2.45) is 0 Å². The van der Waals surface area contributed by atoms with Gasteiger partial charge < -0.3 is 5.32 Å². The molecule has 3 rings (SSSR count). The second-order valence-corrected chi connectivity index (χ2v) is 6.04. The summed E-state index contributed by atoms with van der Waals surface area (Å²) in [5.74, 6) is 0. The Morgan fingerprint density at radius 3 is 2.87 bits per heavy atom. The third-order valence-corrected chi connectivity index (χ3v) is 4.30. The molecular weight excluding hydrogens is 286 g/mol. The standard InChI is InChI=1S/C18H23N5/c1-13-6-4-7-16(10-13)18-17(12-20-22-18)11-19-14(2)15(3)23-9-5-8-21-23/h4-10,12,14-15,19H,11H2,1-3H3,(H,20,22)/t14-,15+/m0/s1. The first kappa shape index (κ1) is 15.5. The average Bonchev–Trinajstić information content (AvgIpc) is 3.23. The van der Waals surface area contributed by atoms with Gasteiger partial charge in [-0.3, -0.25) is 9.78 Å². The summed E-state index contributed by atoms with van der Waals surface area (Å²) < 4.78 is 1.98. The third kappa shape index (κ3) is 3.51. The van der Waals surface area contributed by atoms with Crippen LogP contribution in [-0.2, 0) is 6.54 Å². The lowest BCUT2D eigenvalue weighted by Gasteiger charge is -2.21. The van der Waals surface area contributed by atoms with Crippen LogP contribution in [0.1, 0.15) is 31.0 Å². The fourth-order valence-corrected chi connectivity index (χ4v) is 2.69. The lowest BCUT2D eigenvalue weighted by molar-refractivity contribution is 0.365. The predicted molar refractivity (Wildman–Crippen MR) is 92.0 cm³/mol. The van der Waals surface area contributed by atoms with Crippen LogP contribution in [-0.4, -0.2) is 26.0 Å². The highest BCUT2D eigenvalue weighted by molar-refractivity contribution is 5.63. The molecule has 0 fully saturated rings. The monoisotopic (exact) mass is 309 g/mol. The molecule has 2 heterocycles. The first-order valence-electron chi connectivity index (χ1n) is 7.97. The summed E-state index contributed by atoms with van der Waals surface area (Å²) in [4.78, 5) is 0. The minimum atomic E-state index is 0.291. The molecule has 2 aromatic heterocycles. The molecule has 0 aliphatic heterocycles. The van der Waals surface area contributed by atoms with Gasteiger partial charge in [0.25, 0.3) is 0 Å². The number of aromatic nitrogens is 4. The number of rotatable bonds is 6. The molecule has 3 aromatic rings. The van der Waals surface area contributed by atoms with Crippen molar-refractivity contribution in [3.8, 4) is 11.3 Å². The summed E-state index contributed by atoms with van der Waals surface area (Å²) in [7, 11) is 0. The van der Waals surface area contributed by atoms with Crippen molar-refractivity contribution in [1.29, 1.82) is 0 Å². The highest BCUT2D eigenvalue weighted by atomic mass is 15.3. The third-order valence-electron chi connectivity index (χ3n) is 4.30. The van der Waals surface area contributed by atoms with E-state index in [0.29, 0.717) is 12.1 Å². The Kier molecular flexibility index (Phi) is 4.57. The summed E-state index contributed by atoms with van der Waals surface area (Å²) in [6.07, 6.45) is 5.71. The lowest BCUT2D eigenvalue weighted by atomic mass is 10.1. The first-order valence-corrected chi connectivity index (χ1v) is 7.97. The fraction of sp³-hybridized carbons (Fsp3) is 0.333. The van der Waals surface area contributed by atoms with Crippen molar-refractivity contribution >= 4 is 0 Å². The zero-order valence-corrected chi connectivity index (χ0v) is 13.8. The normalized spacial score (nSPS) is 13.9. The molecule has 1 aromatic carbocycles. The number of nitrogens with one attached hydrogen (secondary N) is 2. The van der Waals surface area contributed by atoms with Gasteiger partial charge in [0.15, 0.2) is 0 Å². The van der Waals surface area contributed by atoms with Crippen LogP contribution in [0.3, 0.4) is 0 Å². The van der Waals surface area contributed by atoms with Gasteiger partial charge in [-0.15, -0.1) is 0 Å². The molecule has 0 radical (unpaired) electrons. The van der Waals surface area contributed by atoms with Crippen molar-refractivity contribution in [2.75, 3.05) is 0 Å². The van der Waals surface area contributed by atoms with E-state index in [0.717, 1.165) is 12.2 Å². The van der Waals surface area contributed by atoms with Crippen LogP contribution in [0.4, 0.5) is 0 Å². The number of benzene rings is 1. The second-order valence-electron chi connectivity index (χ2n) is 6.04. The SMILES string of the molecule is Cc1cccc(-c2[nH]ncc2CN[C@@H](C)[C@@H](C)n2cccn2)c1. The average molecular weight is 309 g/mol. The van der Waals surface area contributed by atoms with Gasteiger partial charge in [0.1, 0.15) is 0 Å². The van der Waals surface area contributed by atoms with E-state index in [1.165, 1.54) is 16.7 Å². The molecule has 0 spiro atoms. The van der Waals surface area contributed by atoms with E-state index in [4.69, 9.17) is 0 Å². The number of aromatic amines is 1. The van der Waals surface area contributed by atoms with Crippen molar-refractivity contribution in [3.05, 3.63) is 60.0 Å². The molecule has 120 valence electrons. The van der Waals surface area contributed by atoms with Crippen molar-refractivity contribution in [2.45, 2.75) is 39.4 Å². The van der Waals surface area contributed by atoms with Crippen molar-refractivity contribution in [1.82, 2.24) is 25.3 Å². The topological polar surface area (TPSA) is 58.5 Å². The molecule has 2 atom stereocenters. The number of H-pyrrole nitrogens is 1. The van der Waals surface area contributed by atoms with Gasteiger partial charge in [-0.1, -0.05) is 23.8 Å². The Balaban J connectivity index is 1.69. The number of hydrogen-bond donors (Lipinski definition) is 2. The minimum Gasteiger partial charge on any atom is -0.308 e. The van der Waals surface area contributed by atoms with Crippen LogP contribution >= 0.6 is 0 Å². The molecule has 2 N–H and O–H groups in total. The maximum Gasteiger partial charge on any atom is 0.0695 e. The largest absolute Gasteiger partial charge is 0.308 e. The first-order chi connectivity index (χ1) is 11.1. The Hall–Kier alpha value is -2.40. The molecule has 0 aliphatic carbocycles. The molecule has 5 heteroatoms. The van der Waals surface area contributed by atoms with Crippen molar-refractivity contribution in [3.63, 3.8) is 0 Å². The van der Waals surface area contributed by atoms with Gasteiger partial charge in [-0.05, 0) is 32.9 Å². The zero-order chi connectivity index (χ0) is 16.2. The van der Waals surface area contributed by atoms with Gasteiger partial charge in [-0.2, -0.15) is 10.2 Å². The molecule has 0 bridgehead atoms. The van der Waals surface area contributed by atoms with E-state index in [1.807, 2.05) is 29.3 Å². The van der Waals surface area contributed by atoms with E-state index < -0.39 is 0 Å². The number of aryl methyl sites for hydroxylation is 1. The Morgan fingerprint density at radius 1 is 1.26 bits per heavy atom. The van der Waals surface area contributed by atoms with E-state index >= 15 is 0 Å². The van der Waals surface area contributed by atoms with Crippen LogP contribution in [0.15, 0.2) is 48.9 Å². The summed E-state index contributed by atoms with van der Waals surface area (Å²) >= 11 is 0. The molecule has 0 amide bonds. The smallest absolute Gasteiger partial charge is 0.0695 e. The molecule has 0 saturated carbocycles. The summed E-state index contributed by atoms with van der Waals surface area (Å²) in [6, 6.07) is 11.0. The van der Waals surface area contributed by atoms with Gasteiger partial charge in [-0.25, -0.2) is 0 Å². The van der Waals surface area contributed by atoms with Crippen LogP contribution in [0, 0.1) is 6.92 Å². The molecule has 0 aliphatic rings. The highest BCUT2D eigenvalue weighted by Gasteiger charge is 2.15. The van der Waals surface area contributed by atoms with E-state index in [9.17, 15) is 0 Å². The number of nitrogens with zero attached hydrogens (tertiary/aromatic N) is 3. The van der Waals surface area contributed by atoms with E-state index in [-0.39, 0.29) is 0 Å². The van der Waals surface area contributed by atoms with Crippen LogP contribution in [0.2, 0.25) is 0 Å². The van der Waals surface area contributed by atoms with Crippen molar-refractivity contribution < 1.29 is 0 Å². The Morgan fingerprint density at radius 2 is 2.13 bits per heavy atom. The van der Waals surface area contributed by atoms with E-state index in [1.54, 1.807) is 0 Å². The molecule has 0 unspecified atom stereocenters. The van der Waals surface area contributed by atoms with Gasteiger partial charge >= 0.3 is 0 Å². The summed E-state index contributed by atoms with van der Waals surface area (Å²) in [5.41, 5.74) is 4.68. The van der Waals surface area contributed by atoms with Crippen LogP contribution < -0.4 is 5.32 Å².